The van der Waals surface area contributed by atoms with Gasteiger partial charge in [0, 0.05) is 25.1 Å². The second-order valence-corrected chi connectivity index (χ2v) is 6.63. The van der Waals surface area contributed by atoms with Crippen molar-refractivity contribution in [2.45, 2.75) is 32.2 Å². The number of nitrogens with zero attached hydrogens (tertiary/aromatic N) is 5. The van der Waals surface area contributed by atoms with E-state index in [1.54, 1.807) is 11.0 Å². The van der Waals surface area contributed by atoms with Gasteiger partial charge in [0.2, 0.25) is 0 Å². The molecule has 1 saturated heterocycles. The summed E-state index contributed by atoms with van der Waals surface area (Å²) in [6, 6.07) is 10.3. The number of aryl methyl sites for hydroxylation is 1. The molecule has 1 fully saturated rings. The topological polar surface area (TPSA) is 80.5 Å². The number of aromatic nitrogens is 5. The molecule has 2 aromatic heterocycles. The van der Waals surface area contributed by atoms with E-state index in [1.807, 2.05) is 19.1 Å². The normalized spacial score (nSPS) is 17.2. The largest absolute Gasteiger partial charge is 0.366 e. The monoisotopic (exact) mass is 349 g/mol. The SMILES string of the molecule is Cc1nc(NCc2cccc(-n3cncn3)c2)cc(C2CCCNC2)n1. The molecule has 3 aromatic rings. The predicted octanol–water partition coefficient (Wildman–Crippen LogP) is 2.44. The van der Waals surface area contributed by atoms with Crippen LogP contribution in [0.3, 0.4) is 0 Å². The quantitative estimate of drug-likeness (QED) is 0.736. The van der Waals surface area contributed by atoms with Crippen LogP contribution in [0.1, 0.15) is 35.8 Å². The average Bonchev–Trinajstić information content (AvgIpc) is 3.22. The fourth-order valence-corrected chi connectivity index (χ4v) is 3.34. The van der Waals surface area contributed by atoms with E-state index in [0.717, 1.165) is 41.7 Å². The molecule has 4 rings (SSSR count). The summed E-state index contributed by atoms with van der Waals surface area (Å²) in [6.07, 6.45) is 5.62. The highest BCUT2D eigenvalue weighted by Gasteiger charge is 2.17. The van der Waals surface area contributed by atoms with E-state index in [-0.39, 0.29) is 0 Å². The maximum absolute atomic E-state index is 4.65. The van der Waals surface area contributed by atoms with Crippen LogP contribution in [0.15, 0.2) is 43.0 Å². The van der Waals surface area contributed by atoms with Crippen LogP contribution in [-0.2, 0) is 6.54 Å². The number of piperidine rings is 1. The molecule has 0 aliphatic carbocycles. The van der Waals surface area contributed by atoms with Gasteiger partial charge in [-0.15, -0.1) is 0 Å². The Balaban J connectivity index is 1.48. The number of benzene rings is 1. The van der Waals surface area contributed by atoms with Gasteiger partial charge in [0.1, 0.15) is 24.3 Å². The Labute approximate surface area is 152 Å². The number of anilines is 1. The van der Waals surface area contributed by atoms with Crippen molar-refractivity contribution in [2.75, 3.05) is 18.4 Å². The van der Waals surface area contributed by atoms with E-state index in [1.165, 1.54) is 19.2 Å². The van der Waals surface area contributed by atoms with Crippen molar-refractivity contribution in [2.24, 2.45) is 0 Å². The summed E-state index contributed by atoms with van der Waals surface area (Å²) in [6.45, 7) is 4.75. The molecule has 134 valence electrons. The van der Waals surface area contributed by atoms with Crippen molar-refractivity contribution in [1.82, 2.24) is 30.0 Å². The first-order valence-corrected chi connectivity index (χ1v) is 9.02. The first-order chi connectivity index (χ1) is 12.8. The molecule has 7 nitrogen and oxygen atoms in total. The fraction of sp³-hybridized carbons (Fsp3) is 0.368. The van der Waals surface area contributed by atoms with Gasteiger partial charge in [0.25, 0.3) is 0 Å². The fourth-order valence-electron chi connectivity index (χ4n) is 3.34. The summed E-state index contributed by atoms with van der Waals surface area (Å²) in [5.41, 5.74) is 3.29. The molecule has 2 N–H and O–H groups in total. The zero-order chi connectivity index (χ0) is 17.8. The van der Waals surface area contributed by atoms with E-state index in [0.29, 0.717) is 12.5 Å². The molecule has 0 amide bonds. The van der Waals surface area contributed by atoms with Crippen molar-refractivity contribution >= 4 is 5.82 Å². The van der Waals surface area contributed by atoms with Crippen LogP contribution in [0, 0.1) is 6.92 Å². The van der Waals surface area contributed by atoms with E-state index in [2.05, 4.69) is 48.9 Å². The molecule has 1 aliphatic heterocycles. The Morgan fingerprint density at radius 3 is 3.04 bits per heavy atom. The van der Waals surface area contributed by atoms with Gasteiger partial charge in [-0.05, 0) is 44.0 Å². The van der Waals surface area contributed by atoms with Crippen LogP contribution in [0.5, 0.6) is 0 Å². The number of hydrogen-bond acceptors (Lipinski definition) is 6. The zero-order valence-electron chi connectivity index (χ0n) is 14.9. The van der Waals surface area contributed by atoms with Gasteiger partial charge < -0.3 is 10.6 Å². The summed E-state index contributed by atoms with van der Waals surface area (Å²) in [4.78, 5) is 13.2. The standard InChI is InChI=1S/C19H23N7/c1-14-24-18(16-5-3-7-20-11-16)9-19(25-14)22-10-15-4-2-6-17(8-15)26-13-21-12-23-26/h2,4,6,8-9,12-13,16,20H,3,5,7,10-11H2,1H3,(H,22,24,25). The van der Waals surface area contributed by atoms with Crippen LogP contribution in [0.2, 0.25) is 0 Å². The minimum absolute atomic E-state index is 0.474. The van der Waals surface area contributed by atoms with Crippen molar-refractivity contribution in [3.63, 3.8) is 0 Å². The molecule has 1 aliphatic rings. The highest BCUT2D eigenvalue weighted by atomic mass is 15.3. The van der Waals surface area contributed by atoms with Crippen LogP contribution in [0.25, 0.3) is 5.69 Å². The van der Waals surface area contributed by atoms with E-state index < -0.39 is 0 Å². The third-order valence-corrected chi connectivity index (χ3v) is 4.64. The van der Waals surface area contributed by atoms with Gasteiger partial charge in [-0.2, -0.15) is 5.10 Å². The summed E-state index contributed by atoms with van der Waals surface area (Å²) >= 11 is 0. The molecular formula is C19H23N7. The maximum atomic E-state index is 4.65. The van der Waals surface area contributed by atoms with E-state index in [4.69, 9.17) is 0 Å². The van der Waals surface area contributed by atoms with Gasteiger partial charge in [-0.25, -0.2) is 19.6 Å². The van der Waals surface area contributed by atoms with Crippen molar-refractivity contribution in [3.8, 4) is 5.69 Å². The number of rotatable bonds is 5. The Bertz CT molecular complexity index is 854. The maximum Gasteiger partial charge on any atom is 0.138 e. The second kappa shape index (κ2) is 7.61. The highest BCUT2D eigenvalue weighted by Crippen LogP contribution is 2.23. The first kappa shape index (κ1) is 16.7. The Kier molecular flexibility index (Phi) is 4.88. The van der Waals surface area contributed by atoms with E-state index in [9.17, 15) is 0 Å². The lowest BCUT2D eigenvalue weighted by Crippen LogP contribution is -2.29. The lowest BCUT2D eigenvalue weighted by Gasteiger charge is -2.22. The van der Waals surface area contributed by atoms with Crippen LogP contribution >= 0.6 is 0 Å². The lowest BCUT2D eigenvalue weighted by molar-refractivity contribution is 0.453. The molecule has 7 heteroatoms. The molecule has 0 radical (unpaired) electrons. The summed E-state index contributed by atoms with van der Waals surface area (Å²) in [5.74, 6) is 2.16. The van der Waals surface area contributed by atoms with Crippen molar-refractivity contribution in [3.05, 3.63) is 60.1 Å². The number of nitrogens with one attached hydrogen (secondary N) is 2. The van der Waals surface area contributed by atoms with Crippen LogP contribution < -0.4 is 10.6 Å². The highest BCUT2D eigenvalue weighted by molar-refractivity contribution is 5.40. The van der Waals surface area contributed by atoms with Gasteiger partial charge in [-0.1, -0.05) is 12.1 Å². The average molecular weight is 349 g/mol. The van der Waals surface area contributed by atoms with Gasteiger partial charge in [-0.3, -0.25) is 0 Å². The van der Waals surface area contributed by atoms with Crippen LogP contribution in [-0.4, -0.2) is 37.8 Å². The third kappa shape index (κ3) is 3.88. The number of hydrogen-bond donors (Lipinski definition) is 2. The molecule has 3 heterocycles. The molecule has 1 atom stereocenters. The molecule has 26 heavy (non-hydrogen) atoms. The predicted molar refractivity (Wildman–Crippen MR) is 100 cm³/mol. The Hall–Kier alpha value is -2.80. The van der Waals surface area contributed by atoms with Gasteiger partial charge >= 0.3 is 0 Å². The van der Waals surface area contributed by atoms with Crippen LogP contribution in [0.4, 0.5) is 5.82 Å². The summed E-state index contributed by atoms with van der Waals surface area (Å²) < 4.78 is 1.76. The van der Waals surface area contributed by atoms with E-state index >= 15 is 0 Å². The third-order valence-electron chi connectivity index (χ3n) is 4.64. The second-order valence-electron chi connectivity index (χ2n) is 6.63. The molecule has 1 unspecified atom stereocenters. The smallest absolute Gasteiger partial charge is 0.138 e. The minimum atomic E-state index is 0.474. The molecule has 0 bridgehead atoms. The molecule has 1 aromatic carbocycles. The Morgan fingerprint density at radius 2 is 2.23 bits per heavy atom. The molecule has 0 spiro atoms. The Morgan fingerprint density at radius 1 is 1.27 bits per heavy atom. The summed E-state index contributed by atoms with van der Waals surface area (Å²) in [5, 5.41) is 11.1. The van der Waals surface area contributed by atoms with Gasteiger partial charge in [0.05, 0.1) is 11.4 Å². The minimum Gasteiger partial charge on any atom is -0.366 e. The lowest BCUT2D eigenvalue weighted by atomic mass is 9.96. The molecular weight excluding hydrogens is 326 g/mol. The molecule has 0 saturated carbocycles. The summed E-state index contributed by atoms with van der Waals surface area (Å²) in [7, 11) is 0. The van der Waals surface area contributed by atoms with Crippen molar-refractivity contribution in [1.29, 1.82) is 0 Å². The van der Waals surface area contributed by atoms with Gasteiger partial charge in [0.15, 0.2) is 0 Å². The zero-order valence-corrected chi connectivity index (χ0v) is 14.9. The van der Waals surface area contributed by atoms with Crippen molar-refractivity contribution < 1.29 is 0 Å². The first-order valence-electron chi connectivity index (χ1n) is 9.02.